The average molecular weight is 455 g/mol. The summed E-state index contributed by atoms with van der Waals surface area (Å²) >= 11 is 0. The van der Waals surface area contributed by atoms with E-state index >= 15 is 0 Å². The third-order valence-corrected chi connectivity index (χ3v) is 6.07. The number of nitrogens with one attached hydrogen (secondary N) is 3. The number of anilines is 1. The Balaban J connectivity index is 1.49. The quantitative estimate of drug-likeness (QED) is 0.604. The Morgan fingerprint density at radius 3 is 2.73 bits per heavy atom. The molecule has 8 nitrogen and oxygen atoms in total. The zero-order chi connectivity index (χ0) is 23.7. The number of ether oxygens (including phenoxy) is 1. The van der Waals surface area contributed by atoms with Gasteiger partial charge in [0, 0.05) is 42.3 Å². The number of nitrogens with zero attached hydrogens (tertiary/aromatic N) is 1. The molecule has 4 rings (SSSR count). The standard InChI is InChI=1S/C24H27FN4O4/c1-13(24(32)29-6-8-33-9-7-29)12-26-23(31)21-14(2)20(27-15(21)3)11-18-17-10-16(25)4-5-19(17)28-22(18)30/h4-5,10-11,13,27H,6-9,12H2,1-3H3,(H,26,31)(H,28,30). The minimum atomic E-state index is -0.434. The molecule has 1 saturated heterocycles. The fourth-order valence-electron chi connectivity index (χ4n) is 4.22. The number of morpholine rings is 1. The first kappa shape index (κ1) is 22.7. The van der Waals surface area contributed by atoms with Gasteiger partial charge in [0.1, 0.15) is 5.82 Å². The minimum absolute atomic E-state index is 0.00956. The molecule has 1 aromatic heterocycles. The fraction of sp³-hybridized carbons (Fsp3) is 0.375. The van der Waals surface area contributed by atoms with E-state index in [2.05, 4.69) is 15.6 Å². The topological polar surface area (TPSA) is 104 Å². The lowest BCUT2D eigenvalue weighted by Crippen LogP contribution is -2.45. The highest BCUT2D eigenvalue weighted by Crippen LogP contribution is 2.34. The summed E-state index contributed by atoms with van der Waals surface area (Å²) in [6.07, 6.45) is 1.63. The van der Waals surface area contributed by atoms with Gasteiger partial charge in [-0.05, 0) is 43.7 Å². The molecule has 2 aromatic rings. The van der Waals surface area contributed by atoms with Gasteiger partial charge in [0.15, 0.2) is 0 Å². The van der Waals surface area contributed by atoms with Gasteiger partial charge in [-0.1, -0.05) is 6.92 Å². The van der Waals surface area contributed by atoms with E-state index in [-0.39, 0.29) is 30.2 Å². The van der Waals surface area contributed by atoms with Crippen LogP contribution in [-0.2, 0) is 14.3 Å². The number of benzene rings is 1. The van der Waals surface area contributed by atoms with Crippen molar-refractivity contribution in [1.29, 1.82) is 0 Å². The molecular formula is C24H27FN4O4. The summed E-state index contributed by atoms with van der Waals surface area (Å²) in [5, 5.41) is 5.57. The van der Waals surface area contributed by atoms with E-state index < -0.39 is 5.82 Å². The zero-order valence-electron chi connectivity index (χ0n) is 18.9. The summed E-state index contributed by atoms with van der Waals surface area (Å²) in [6.45, 7) is 7.74. The van der Waals surface area contributed by atoms with E-state index in [9.17, 15) is 18.8 Å². The van der Waals surface area contributed by atoms with Crippen molar-refractivity contribution >= 4 is 35.1 Å². The van der Waals surface area contributed by atoms with Crippen LogP contribution < -0.4 is 10.6 Å². The van der Waals surface area contributed by atoms with Crippen molar-refractivity contribution in [2.75, 3.05) is 38.2 Å². The number of aromatic nitrogens is 1. The number of aromatic amines is 1. The summed E-state index contributed by atoms with van der Waals surface area (Å²) in [4.78, 5) is 42.8. The number of halogens is 1. The van der Waals surface area contributed by atoms with E-state index in [0.717, 1.165) is 0 Å². The van der Waals surface area contributed by atoms with Crippen LogP contribution in [-0.4, -0.2) is 60.5 Å². The fourth-order valence-corrected chi connectivity index (χ4v) is 4.22. The summed E-state index contributed by atoms with van der Waals surface area (Å²) in [5.41, 5.74) is 3.72. The molecule has 0 radical (unpaired) electrons. The van der Waals surface area contributed by atoms with E-state index in [0.29, 0.717) is 65.6 Å². The van der Waals surface area contributed by atoms with Crippen molar-refractivity contribution in [3.63, 3.8) is 0 Å². The van der Waals surface area contributed by atoms with Crippen molar-refractivity contribution in [3.8, 4) is 0 Å². The van der Waals surface area contributed by atoms with Gasteiger partial charge in [-0.15, -0.1) is 0 Å². The van der Waals surface area contributed by atoms with Crippen LogP contribution in [0.1, 0.15) is 39.8 Å². The van der Waals surface area contributed by atoms with Gasteiger partial charge in [-0.25, -0.2) is 4.39 Å². The molecule has 3 amide bonds. The third-order valence-electron chi connectivity index (χ3n) is 6.07. The Kier molecular flexibility index (Phi) is 6.33. The van der Waals surface area contributed by atoms with Gasteiger partial charge in [0.2, 0.25) is 5.91 Å². The first-order valence-electron chi connectivity index (χ1n) is 10.9. The molecule has 0 saturated carbocycles. The average Bonchev–Trinajstić information content (AvgIpc) is 3.26. The molecule has 2 aliphatic rings. The lowest BCUT2D eigenvalue weighted by molar-refractivity contribution is -0.138. The third kappa shape index (κ3) is 4.54. The predicted octanol–water partition coefficient (Wildman–Crippen LogP) is 2.49. The van der Waals surface area contributed by atoms with Crippen molar-refractivity contribution in [3.05, 3.63) is 52.1 Å². The molecule has 0 bridgehead atoms. The maximum atomic E-state index is 13.7. The Morgan fingerprint density at radius 1 is 1.27 bits per heavy atom. The maximum Gasteiger partial charge on any atom is 0.256 e. The first-order chi connectivity index (χ1) is 15.8. The molecule has 1 unspecified atom stereocenters. The zero-order valence-corrected chi connectivity index (χ0v) is 18.9. The SMILES string of the molecule is Cc1[nH]c(C=C2C(=O)Nc3ccc(F)cc32)c(C)c1C(=O)NCC(C)C(=O)N1CCOCC1. The predicted molar refractivity (Wildman–Crippen MR) is 122 cm³/mol. The Morgan fingerprint density at radius 2 is 2.00 bits per heavy atom. The van der Waals surface area contributed by atoms with Crippen molar-refractivity contribution in [2.24, 2.45) is 5.92 Å². The monoisotopic (exact) mass is 454 g/mol. The van der Waals surface area contributed by atoms with Crippen LogP contribution in [0.4, 0.5) is 10.1 Å². The lowest BCUT2D eigenvalue weighted by atomic mass is 10.0. The molecule has 174 valence electrons. The summed E-state index contributed by atoms with van der Waals surface area (Å²) in [6, 6.07) is 4.12. The molecule has 9 heteroatoms. The number of H-pyrrole nitrogens is 1. The Bertz CT molecular complexity index is 1150. The molecule has 3 N–H and O–H groups in total. The molecule has 1 aromatic carbocycles. The van der Waals surface area contributed by atoms with Gasteiger partial charge in [-0.3, -0.25) is 14.4 Å². The Labute approximate surface area is 191 Å². The molecular weight excluding hydrogens is 427 g/mol. The second-order valence-electron chi connectivity index (χ2n) is 8.41. The molecule has 0 aliphatic carbocycles. The van der Waals surface area contributed by atoms with Crippen molar-refractivity contribution in [1.82, 2.24) is 15.2 Å². The number of carbonyl (C=O) groups excluding carboxylic acids is 3. The van der Waals surface area contributed by atoms with Crippen molar-refractivity contribution < 1.29 is 23.5 Å². The number of amides is 3. The van der Waals surface area contributed by atoms with Gasteiger partial charge in [-0.2, -0.15) is 0 Å². The number of fused-ring (bicyclic) bond motifs is 1. The van der Waals surface area contributed by atoms with E-state index in [1.54, 1.807) is 31.7 Å². The minimum Gasteiger partial charge on any atom is -0.378 e. The normalized spacial score (nSPS) is 17.6. The summed E-state index contributed by atoms with van der Waals surface area (Å²) in [5.74, 6) is -1.43. The molecule has 1 fully saturated rings. The number of hydrogen-bond acceptors (Lipinski definition) is 4. The number of hydrogen-bond donors (Lipinski definition) is 3. The smallest absolute Gasteiger partial charge is 0.256 e. The molecule has 33 heavy (non-hydrogen) atoms. The van der Waals surface area contributed by atoms with Crippen molar-refractivity contribution in [2.45, 2.75) is 20.8 Å². The maximum absolute atomic E-state index is 13.7. The molecule has 3 heterocycles. The van der Waals surface area contributed by atoms with Crippen LogP contribution in [0.2, 0.25) is 0 Å². The summed E-state index contributed by atoms with van der Waals surface area (Å²) in [7, 11) is 0. The number of rotatable bonds is 5. The number of carbonyl (C=O) groups is 3. The van der Waals surface area contributed by atoms with Crippen LogP contribution >= 0.6 is 0 Å². The second-order valence-corrected chi connectivity index (χ2v) is 8.41. The van der Waals surface area contributed by atoms with Gasteiger partial charge < -0.3 is 25.3 Å². The highest BCUT2D eigenvalue weighted by atomic mass is 19.1. The highest BCUT2D eigenvalue weighted by molar-refractivity contribution is 6.34. The Hall–Kier alpha value is -3.46. The molecule has 0 spiro atoms. The molecule has 2 aliphatic heterocycles. The van der Waals surface area contributed by atoms with Gasteiger partial charge >= 0.3 is 0 Å². The van der Waals surface area contributed by atoms with Gasteiger partial charge in [0.05, 0.1) is 30.3 Å². The highest BCUT2D eigenvalue weighted by Gasteiger charge is 2.27. The van der Waals surface area contributed by atoms with E-state index in [1.165, 1.54) is 18.2 Å². The molecule has 1 atom stereocenters. The number of aryl methyl sites for hydroxylation is 1. The van der Waals surface area contributed by atoms with Crippen LogP contribution in [0.15, 0.2) is 18.2 Å². The van der Waals surface area contributed by atoms with Crippen LogP contribution in [0.25, 0.3) is 11.6 Å². The van der Waals surface area contributed by atoms with Gasteiger partial charge in [0.25, 0.3) is 11.8 Å². The van der Waals surface area contributed by atoms with Crippen LogP contribution in [0.3, 0.4) is 0 Å². The summed E-state index contributed by atoms with van der Waals surface area (Å²) < 4.78 is 19.0. The van der Waals surface area contributed by atoms with E-state index in [1.807, 2.05) is 0 Å². The lowest BCUT2D eigenvalue weighted by Gasteiger charge is -2.29. The van der Waals surface area contributed by atoms with Crippen LogP contribution in [0, 0.1) is 25.6 Å². The second kappa shape index (κ2) is 9.19. The van der Waals surface area contributed by atoms with E-state index in [4.69, 9.17) is 4.74 Å². The van der Waals surface area contributed by atoms with Crippen LogP contribution in [0.5, 0.6) is 0 Å². The largest absolute Gasteiger partial charge is 0.378 e. The first-order valence-corrected chi connectivity index (χ1v) is 10.9.